The van der Waals surface area contributed by atoms with Crippen molar-refractivity contribution >= 4 is 16.2 Å². The predicted octanol–water partition coefficient (Wildman–Crippen LogP) is 0.272. The summed E-state index contributed by atoms with van der Waals surface area (Å²) in [6.07, 6.45) is 0. The number of hydrogen-bond acceptors (Lipinski definition) is 1. The van der Waals surface area contributed by atoms with Gasteiger partial charge in [0.05, 0.1) is 0 Å². The van der Waals surface area contributed by atoms with Crippen LogP contribution in [0.5, 0.6) is 0 Å². The van der Waals surface area contributed by atoms with Crippen LogP contribution in [0.15, 0.2) is 0 Å². The zero-order valence-electron chi connectivity index (χ0n) is 3.73. The third-order valence-corrected chi connectivity index (χ3v) is 1.90. The van der Waals surface area contributed by atoms with Crippen LogP contribution in [0.4, 0.5) is 0 Å². The fourth-order valence-electron chi connectivity index (χ4n) is 0. The van der Waals surface area contributed by atoms with Gasteiger partial charge in [-0.2, -0.15) is 0 Å². The van der Waals surface area contributed by atoms with Gasteiger partial charge in [-0.15, -0.1) is 0 Å². The fourth-order valence-corrected chi connectivity index (χ4v) is 0. The maximum atomic E-state index is 8.23. The Bertz CT molecular complexity index is 20.9. The second-order valence-corrected chi connectivity index (χ2v) is 8.19. The van der Waals surface area contributed by atoms with Gasteiger partial charge in [0.25, 0.3) is 0 Å². The molecule has 1 nitrogen and oxygen atoms in total. The fraction of sp³-hybridized carbons (Fsp3) is 1.00. The first-order valence-corrected chi connectivity index (χ1v) is 8.44. The summed E-state index contributed by atoms with van der Waals surface area (Å²) in [5, 5.41) is 8.72. The molecule has 0 unspecified atom stereocenters. The van der Waals surface area contributed by atoms with Gasteiger partial charge in [-0.05, 0) is 0 Å². The molecule has 0 atom stereocenters. The van der Waals surface area contributed by atoms with Gasteiger partial charge in [-0.25, -0.2) is 0 Å². The number of rotatable bonds is 1. The van der Waals surface area contributed by atoms with Gasteiger partial charge >= 0.3 is 37.4 Å². The van der Waals surface area contributed by atoms with Crippen LogP contribution in [0.25, 0.3) is 0 Å². The van der Waals surface area contributed by atoms with Crippen molar-refractivity contribution in [2.24, 2.45) is 0 Å². The molecule has 0 aromatic heterocycles. The molecule has 0 rings (SSSR count). The molecular weight excluding hydrogens is 122 g/mol. The van der Waals surface area contributed by atoms with Crippen molar-refractivity contribution in [2.45, 2.75) is 11.0 Å². The molecule has 30 valence electrons. The Labute approximate surface area is 38.0 Å². The molecule has 0 bridgehead atoms. The van der Waals surface area contributed by atoms with Crippen LogP contribution in [-0.4, -0.2) is 26.5 Å². The standard InChI is InChI=1S/CH3O.2CH3.Ga/c1-2;;;/h2H,1H2;2*1H3;. The Kier molecular flexibility index (Phi) is 3.15. The molecule has 0 aromatic carbocycles. The van der Waals surface area contributed by atoms with E-state index in [9.17, 15) is 0 Å². The maximum absolute atomic E-state index is 8.23. The molecule has 1 N–H and O–H groups in total. The molecule has 0 saturated heterocycles. The third kappa shape index (κ3) is 4.60. The zero-order chi connectivity index (χ0) is 4.28. The van der Waals surface area contributed by atoms with Crippen LogP contribution in [0, 0.1) is 0 Å². The van der Waals surface area contributed by atoms with E-state index in [1.807, 2.05) is 0 Å². The van der Waals surface area contributed by atoms with Gasteiger partial charge in [0.15, 0.2) is 0 Å². The SMILES string of the molecule is [CH3][Ga]([CH3])[CH2]O. The summed E-state index contributed by atoms with van der Waals surface area (Å²) in [7, 11) is 0. The first-order valence-electron chi connectivity index (χ1n) is 1.88. The average molecular weight is 131 g/mol. The third-order valence-electron chi connectivity index (χ3n) is 0.365. The zero-order valence-corrected chi connectivity index (χ0v) is 6.15. The van der Waals surface area contributed by atoms with Crippen molar-refractivity contribution in [1.82, 2.24) is 0 Å². The van der Waals surface area contributed by atoms with Crippen molar-refractivity contribution in [1.29, 1.82) is 0 Å². The molecule has 0 spiro atoms. The summed E-state index contributed by atoms with van der Waals surface area (Å²) < 4.78 is 0. The van der Waals surface area contributed by atoms with Gasteiger partial charge in [-0.1, -0.05) is 0 Å². The van der Waals surface area contributed by atoms with E-state index in [-0.39, 0.29) is 0 Å². The number of hydrogen-bond donors (Lipinski definition) is 1. The first-order chi connectivity index (χ1) is 2.27. The Balaban J connectivity index is 2.54. The molecule has 0 amide bonds. The van der Waals surface area contributed by atoms with Gasteiger partial charge in [-0.3, -0.25) is 0 Å². The van der Waals surface area contributed by atoms with E-state index in [1.165, 1.54) is 0 Å². The van der Waals surface area contributed by atoms with Gasteiger partial charge in [0.2, 0.25) is 0 Å². The molecule has 0 aromatic rings. The quantitative estimate of drug-likeness (QED) is 0.506. The molecule has 2 heteroatoms. The summed E-state index contributed by atoms with van der Waals surface area (Å²) in [4.78, 5) is 0. The summed E-state index contributed by atoms with van der Waals surface area (Å²) >= 11 is -0.956. The summed E-state index contributed by atoms with van der Waals surface area (Å²) in [6, 6.07) is 0. The normalized spacial score (nSPS) is 7.80. The van der Waals surface area contributed by atoms with Gasteiger partial charge in [0, 0.05) is 0 Å². The Morgan fingerprint density at radius 1 is 1.60 bits per heavy atom. The Hall–Kier alpha value is 0.596. The van der Waals surface area contributed by atoms with E-state index in [4.69, 9.17) is 5.11 Å². The average Bonchev–Trinajstić information content (AvgIpc) is 1.38. The predicted molar refractivity (Wildman–Crippen MR) is 24.6 cm³/mol. The number of aliphatic hydroxyl groups is 1. The molecule has 0 saturated carbocycles. The monoisotopic (exact) mass is 130 g/mol. The molecule has 0 aliphatic carbocycles. The molecule has 0 fully saturated rings. The van der Waals surface area contributed by atoms with Crippen molar-refractivity contribution in [3.63, 3.8) is 0 Å². The van der Waals surface area contributed by atoms with Crippen LogP contribution >= 0.6 is 0 Å². The van der Waals surface area contributed by atoms with Crippen LogP contribution in [-0.2, 0) is 0 Å². The van der Waals surface area contributed by atoms with E-state index in [0.29, 0.717) is 5.16 Å². The van der Waals surface area contributed by atoms with E-state index in [1.54, 1.807) is 0 Å². The van der Waals surface area contributed by atoms with E-state index in [2.05, 4.69) is 11.0 Å². The van der Waals surface area contributed by atoms with Crippen LogP contribution in [0.3, 0.4) is 0 Å². The molecular formula is C3H9GaO. The molecule has 5 heavy (non-hydrogen) atoms. The van der Waals surface area contributed by atoms with Crippen molar-refractivity contribution in [3.05, 3.63) is 0 Å². The minimum atomic E-state index is -0.956. The molecule has 0 radical (unpaired) electrons. The number of aliphatic hydroxyl groups excluding tert-OH is 1. The minimum absolute atomic E-state index is 0.493. The Morgan fingerprint density at radius 3 is 1.80 bits per heavy atom. The van der Waals surface area contributed by atoms with E-state index >= 15 is 0 Å². The first kappa shape index (κ1) is 5.60. The van der Waals surface area contributed by atoms with Gasteiger partial charge < -0.3 is 0 Å². The van der Waals surface area contributed by atoms with Crippen LogP contribution in [0.1, 0.15) is 0 Å². The van der Waals surface area contributed by atoms with E-state index in [0.717, 1.165) is 0 Å². The second-order valence-electron chi connectivity index (χ2n) is 1.58. The Morgan fingerprint density at radius 2 is 1.80 bits per heavy atom. The molecule has 0 aliphatic rings. The van der Waals surface area contributed by atoms with Crippen molar-refractivity contribution < 1.29 is 5.11 Å². The summed E-state index contributed by atoms with van der Waals surface area (Å²) in [5.74, 6) is 0. The molecule has 0 heterocycles. The molecule has 0 aliphatic heterocycles. The second kappa shape index (κ2) is 2.81. The topological polar surface area (TPSA) is 20.2 Å². The van der Waals surface area contributed by atoms with E-state index < -0.39 is 16.2 Å². The summed E-state index contributed by atoms with van der Waals surface area (Å²) in [5.41, 5.74) is 4.32. The van der Waals surface area contributed by atoms with Crippen LogP contribution in [0.2, 0.25) is 11.0 Å². The van der Waals surface area contributed by atoms with Crippen LogP contribution < -0.4 is 0 Å². The van der Waals surface area contributed by atoms with Crippen molar-refractivity contribution in [2.75, 3.05) is 5.16 Å². The summed E-state index contributed by atoms with van der Waals surface area (Å²) in [6.45, 7) is 0. The van der Waals surface area contributed by atoms with Crippen molar-refractivity contribution in [3.8, 4) is 0 Å². The van der Waals surface area contributed by atoms with Gasteiger partial charge in [0.1, 0.15) is 0 Å².